The van der Waals surface area contributed by atoms with Crippen LogP contribution in [0, 0.1) is 11.8 Å². The number of sulfonamides is 1. The van der Waals surface area contributed by atoms with Crippen LogP contribution < -0.4 is 15.8 Å². The van der Waals surface area contributed by atoms with Crippen LogP contribution in [0.5, 0.6) is 0 Å². The van der Waals surface area contributed by atoms with Crippen LogP contribution in [0.2, 0.25) is 0 Å². The van der Waals surface area contributed by atoms with Gasteiger partial charge in [-0.25, -0.2) is 13.1 Å². The van der Waals surface area contributed by atoms with Gasteiger partial charge in [-0.05, 0) is 48.9 Å². The topological polar surface area (TPSA) is 101 Å². The Morgan fingerprint density at radius 1 is 1.26 bits per heavy atom. The molecule has 1 aliphatic rings. The third-order valence-electron chi connectivity index (χ3n) is 3.87. The molecule has 1 aliphatic carbocycles. The maximum atomic E-state index is 12.2. The van der Waals surface area contributed by atoms with Crippen molar-refractivity contribution in [3.05, 3.63) is 29.8 Å². The quantitative estimate of drug-likeness (QED) is 0.660. The van der Waals surface area contributed by atoms with Crippen LogP contribution in [0.3, 0.4) is 0 Å². The molecular formula is C16H25N3O3S. The molecule has 0 aliphatic heterocycles. The standard InChI is InChI=1S/C16H25N3O3S/c1-11(2)10-18-23(21,22)14-7-5-13(6-8-14)16(20)19-15(9-17)12-3-4-12/h5-8,11-12,15,18H,3-4,9-10,17H2,1-2H3,(H,19,20). The molecule has 2 rings (SSSR count). The Morgan fingerprint density at radius 2 is 1.87 bits per heavy atom. The molecular weight excluding hydrogens is 314 g/mol. The van der Waals surface area contributed by atoms with Crippen molar-refractivity contribution in [1.29, 1.82) is 0 Å². The van der Waals surface area contributed by atoms with E-state index >= 15 is 0 Å². The van der Waals surface area contributed by atoms with E-state index in [1.165, 1.54) is 24.3 Å². The van der Waals surface area contributed by atoms with Gasteiger partial charge in [0, 0.05) is 24.7 Å². The lowest BCUT2D eigenvalue weighted by atomic mass is 10.1. The van der Waals surface area contributed by atoms with Crippen molar-refractivity contribution >= 4 is 15.9 Å². The van der Waals surface area contributed by atoms with Crippen LogP contribution in [0.1, 0.15) is 37.0 Å². The highest BCUT2D eigenvalue weighted by atomic mass is 32.2. The first kappa shape index (κ1) is 17.9. The molecule has 1 aromatic rings. The normalized spacial score (nSPS) is 16.3. The second-order valence-corrected chi connectivity index (χ2v) is 8.19. The number of hydrogen-bond donors (Lipinski definition) is 3. The molecule has 23 heavy (non-hydrogen) atoms. The predicted molar refractivity (Wildman–Crippen MR) is 89.5 cm³/mol. The Kier molecular flexibility index (Phi) is 5.78. The SMILES string of the molecule is CC(C)CNS(=O)(=O)c1ccc(C(=O)NC(CN)C2CC2)cc1. The molecule has 1 unspecified atom stereocenters. The molecule has 1 fully saturated rings. The first-order valence-electron chi connectivity index (χ1n) is 7.94. The monoisotopic (exact) mass is 339 g/mol. The Hall–Kier alpha value is -1.44. The predicted octanol–water partition coefficient (Wildman–Crippen LogP) is 1.09. The van der Waals surface area contributed by atoms with Gasteiger partial charge in [0.2, 0.25) is 10.0 Å². The van der Waals surface area contributed by atoms with Crippen molar-refractivity contribution in [3.63, 3.8) is 0 Å². The second kappa shape index (κ2) is 7.42. The van der Waals surface area contributed by atoms with Gasteiger partial charge in [0.25, 0.3) is 5.91 Å². The number of amides is 1. The molecule has 0 radical (unpaired) electrons. The van der Waals surface area contributed by atoms with Crippen molar-refractivity contribution < 1.29 is 13.2 Å². The first-order valence-corrected chi connectivity index (χ1v) is 9.42. The number of carbonyl (C=O) groups is 1. The molecule has 0 spiro atoms. The summed E-state index contributed by atoms with van der Waals surface area (Å²) < 4.78 is 26.8. The maximum Gasteiger partial charge on any atom is 0.251 e. The number of carbonyl (C=O) groups excluding carboxylic acids is 1. The van der Waals surface area contributed by atoms with Crippen LogP contribution in [0.4, 0.5) is 0 Å². The van der Waals surface area contributed by atoms with Crippen LogP contribution in [-0.4, -0.2) is 33.5 Å². The molecule has 4 N–H and O–H groups in total. The van der Waals surface area contributed by atoms with E-state index < -0.39 is 10.0 Å². The van der Waals surface area contributed by atoms with Crippen molar-refractivity contribution in [2.45, 2.75) is 37.6 Å². The van der Waals surface area contributed by atoms with Gasteiger partial charge in [-0.1, -0.05) is 13.8 Å². The Labute approximate surface area is 137 Å². The molecule has 0 saturated heterocycles. The minimum Gasteiger partial charge on any atom is -0.348 e. The third-order valence-corrected chi connectivity index (χ3v) is 5.31. The summed E-state index contributed by atoms with van der Waals surface area (Å²) in [4.78, 5) is 12.3. The van der Waals surface area contributed by atoms with Crippen molar-refractivity contribution in [1.82, 2.24) is 10.0 Å². The van der Waals surface area contributed by atoms with Crippen LogP contribution in [0.25, 0.3) is 0 Å². The summed E-state index contributed by atoms with van der Waals surface area (Å²) in [5, 5.41) is 2.91. The number of hydrogen-bond acceptors (Lipinski definition) is 4. The molecule has 1 aromatic carbocycles. The van der Waals surface area contributed by atoms with Crippen molar-refractivity contribution in [2.75, 3.05) is 13.1 Å². The minimum atomic E-state index is -3.53. The second-order valence-electron chi connectivity index (χ2n) is 6.42. The summed E-state index contributed by atoms with van der Waals surface area (Å²) >= 11 is 0. The Bertz CT molecular complexity index is 637. The highest BCUT2D eigenvalue weighted by molar-refractivity contribution is 7.89. The van der Waals surface area contributed by atoms with Gasteiger partial charge in [0.05, 0.1) is 4.90 Å². The zero-order valence-corrected chi connectivity index (χ0v) is 14.4. The largest absolute Gasteiger partial charge is 0.348 e. The fraction of sp³-hybridized carbons (Fsp3) is 0.562. The molecule has 7 heteroatoms. The van der Waals surface area contributed by atoms with E-state index in [1.807, 2.05) is 13.8 Å². The molecule has 128 valence electrons. The third kappa shape index (κ3) is 5.02. The average Bonchev–Trinajstić information content (AvgIpc) is 3.35. The van der Waals surface area contributed by atoms with E-state index in [-0.39, 0.29) is 22.8 Å². The van der Waals surface area contributed by atoms with Gasteiger partial charge >= 0.3 is 0 Å². The van der Waals surface area contributed by atoms with Crippen LogP contribution >= 0.6 is 0 Å². The molecule has 0 heterocycles. The van der Waals surface area contributed by atoms with Crippen molar-refractivity contribution in [3.8, 4) is 0 Å². The highest BCUT2D eigenvalue weighted by Crippen LogP contribution is 2.32. The summed E-state index contributed by atoms with van der Waals surface area (Å²) in [7, 11) is -3.53. The number of nitrogens with one attached hydrogen (secondary N) is 2. The molecule has 0 aromatic heterocycles. The molecule has 6 nitrogen and oxygen atoms in total. The zero-order valence-electron chi connectivity index (χ0n) is 13.6. The summed E-state index contributed by atoms with van der Waals surface area (Å²) in [5.41, 5.74) is 6.11. The van der Waals surface area contributed by atoms with E-state index in [9.17, 15) is 13.2 Å². The van der Waals surface area contributed by atoms with E-state index in [4.69, 9.17) is 5.73 Å². The molecule has 0 bridgehead atoms. The smallest absolute Gasteiger partial charge is 0.251 e. The van der Waals surface area contributed by atoms with Crippen LogP contribution in [0.15, 0.2) is 29.2 Å². The van der Waals surface area contributed by atoms with Gasteiger partial charge in [-0.15, -0.1) is 0 Å². The molecule has 1 amide bonds. The lowest BCUT2D eigenvalue weighted by Crippen LogP contribution is -2.41. The summed E-state index contributed by atoms with van der Waals surface area (Å²) in [6.45, 7) is 4.67. The fourth-order valence-electron chi connectivity index (χ4n) is 2.26. The average molecular weight is 339 g/mol. The first-order chi connectivity index (χ1) is 10.8. The fourth-order valence-corrected chi connectivity index (χ4v) is 3.48. The number of nitrogens with two attached hydrogens (primary N) is 1. The Balaban J connectivity index is 2.02. The van der Waals surface area contributed by atoms with E-state index in [2.05, 4.69) is 10.0 Å². The van der Waals surface area contributed by atoms with E-state index in [0.29, 0.717) is 24.6 Å². The minimum absolute atomic E-state index is 0.00128. The summed E-state index contributed by atoms with van der Waals surface area (Å²) in [5.74, 6) is 0.487. The maximum absolute atomic E-state index is 12.2. The van der Waals surface area contributed by atoms with Gasteiger partial charge in [-0.2, -0.15) is 0 Å². The van der Waals surface area contributed by atoms with E-state index in [1.54, 1.807) is 0 Å². The van der Waals surface area contributed by atoms with Crippen molar-refractivity contribution in [2.24, 2.45) is 17.6 Å². The van der Waals surface area contributed by atoms with Crippen LogP contribution in [-0.2, 0) is 10.0 Å². The van der Waals surface area contributed by atoms with Gasteiger partial charge in [0.15, 0.2) is 0 Å². The lowest BCUT2D eigenvalue weighted by molar-refractivity contribution is 0.0933. The molecule has 1 atom stereocenters. The highest BCUT2D eigenvalue weighted by Gasteiger charge is 2.31. The Morgan fingerprint density at radius 3 is 2.35 bits per heavy atom. The van der Waals surface area contributed by atoms with Gasteiger partial charge in [0.1, 0.15) is 0 Å². The lowest BCUT2D eigenvalue weighted by Gasteiger charge is -2.16. The summed E-state index contributed by atoms with van der Waals surface area (Å²) in [6.07, 6.45) is 2.20. The van der Waals surface area contributed by atoms with Gasteiger partial charge < -0.3 is 11.1 Å². The van der Waals surface area contributed by atoms with Gasteiger partial charge in [-0.3, -0.25) is 4.79 Å². The zero-order chi connectivity index (χ0) is 17.0. The summed E-state index contributed by atoms with van der Waals surface area (Å²) in [6, 6.07) is 5.95. The molecule has 1 saturated carbocycles. The van der Waals surface area contributed by atoms with E-state index in [0.717, 1.165) is 12.8 Å². The number of rotatable bonds is 8. The number of benzene rings is 1.